The summed E-state index contributed by atoms with van der Waals surface area (Å²) in [5, 5.41) is 4.36. The van der Waals surface area contributed by atoms with Gasteiger partial charge in [0.25, 0.3) is 0 Å². The van der Waals surface area contributed by atoms with E-state index in [-0.39, 0.29) is 0 Å². The molecule has 5 nitrogen and oxygen atoms in total. The second-order valence-electron chi connectivity index (χ2n) is 6.51. The van der Waals surface area contributed by atoms with Crippen LogP contribution >= 0.6 is 0 Å². The van der Waals surface area contributed by atoms with Crippen LogP contribution < -0.4 is 14.8 Å². The molecule has 0 unspecified atom stereocenters. The van der Waals surface area contributed by atoms with Crippen LogP contribution in [0, 0.1) is 6.92 Å². The van der Waals surface area contributed by atoms with Gasteiger partial charge in [0, 0.05) is 34.8 Å². The maximum Gasteiger partial charge on any atom is 0.162 e. The van der Waals surface area contributed by atoms with Crippen LogP contribution in [0.3, 0.4) is 0 Å². The summed E-state index contributed by atoms with van der Waals surface area (Å²) in [5.74, 6) is 2.83. The Morgan fingerprint density at radius 2 is 1.54 bits per heavy atom. The first-order valence-electron chi connectivity index (χ1n) is 9.00. The molecule has 28 heavy (non-hydrogen) atoms. The van der Waals surface area contributed by atoms with Crippen molar-refractivity contribution in [2.45, 2.75) is 6.92 Å². The number of rotatable bonds is 5. The minimum Gasteiger partial charge on any atom is -0.497 e. The fraction of sp³-hybridized carbons (Fsp3) is 0.130. The van der Waals surface area contributed by atoms with Gasteiger partial charge in [-0.2, -0.15) is 0 Å². The van der Waals surface area contributed by atoms with Gasteiger partial charge in [-0.1, -0.05) is 35.9 Å². The van der Waals surface area contributed by atoms with Gasteiger partial charge in [0.15, 0.2) is 5.82 Å². The van der Waals surface area contributed by atoms with E-state index in [9.17, 15) is 0 Å². The van der Waals surface area contributed by atoms with Crippen LogP contribution in [0.4, 0.5) is 11.5 Å². The average molecular weight is 371 g/mol. The molecule has 4 aromatic rings. The maximum absolute atomic E-state index is 5.38. The fourth-order valence-corrected chi connectivity index (χ4v) is 3.10. The van der Waals surface area contributed by atoms with Crippen LogP contribution in [0.5, 0.6) is 11.5 Å². The molecular weight excluding hydrogens is 350 g/mol. The average Bonchev–Trinajstić information content (AvgIpc) is 2.73. The van der Waals surface area contributed by atoms with Crippen molar-refractivity contribution >= 4 is 22.4 Å². The molecule has 0 atom stereocenters. The molecule has 0 fully saturated rings. The summed E-state index contributed by atoms with van der Waals surface area (Å²) in [6.45, 7) is 2.06. The monoisotopic (exact) mass is 371 g/mol. The standard InChI is InChI=1S/C23H21N3O2/c1-15-7-6-8-16(11-15)22-25-21-10-5-4-9-20(21)23(26-22)24-17-12-18(27-2)14-19(13-17)28-3/h4-14H,1-3H3,(H,24,25,26). The number of anilines is 2. The zero-order valence-corrected chi connectivity index (χ0v) is 16.1. The third-order valence-electron chi connectivity index (χ3n) is 4.49. The van der Waals surface area contributed by atoms with Crippen molar-refractivity contribution in [1.82, 2.24) is 9.97 Å². The van der Waals surface area contributed by atoms with E-state index >= 15 is 0 Å². The lowest BCUT2D eigenvalue weighted by atomic mass is 10.1. The van der Waals surface area contributed by atoms with Crippen LogP contribution in [-0.4, -0.2) is 24.2 Å². The van der Waals surface area contributed by atoms with E-state index in [1.807, 2.05) is 54.6 Å². The van der Waals surface area contributed by atoms with Crippen molar-refractivity contribution in [3.8, 4) is 22.9 Å². The van der Waals surface area contributed by atoms with Crippen LogP contribution in [-0.2, 0) is 0 Å². The Balaban J connectivity index is 1.84. The van der Waals surface area contributed by atoms with Crippen molar-refractivity contribution in [2.24, 2.45) is 0 Å². The van der Waals surface area contributed by atoms with Gasteiger partial charge in [0.2, 0.25) is 0 Å². The predicted octanol–water partition coefficient (Wildman–Crippen LogP) is 5.37. The highest BCUT2D eigenvalue weighted by molar-refractivity contribution is 5.92. The highest BCUT2D eigenvalue weighted by atomic mass is 16.5. The molecule has 0 bridgehead atoms. The summed E-state index contributed by atoms with van der Waals surface area (Å²) in [5.41, 5.74) is 3.86. The summed E-state index contributed by atoms with van der Waals surface area (Å²) in [6.07, 6.45) is 0. The lowest BCUT2D eigenvalue weighted by Crippen LogP contribution is -2.00. The van der Waals surface area contributed by atoms with Gasteiger partial charge < -0.3 is 14.8 Å². The van der Waals surface area contributed by atoms with Gasteiger partial charge in [-0.25, -0.2) is 9.97 Å². The molecule has 0 saturated carbocycles. The molecule has 0 radical (unpaired) electrons. The zero-order chi connectivity index (χ0) is 19.5. The molecule has 1 aromatic heterocycles. The lowest BCUT2D eigenvalue weighted by molar-refractivity contribution is 0.395. The van der Waals surface area contributed by atoms with Gasteiger partial charge in [-0.05, 0) is 25.1 Å². The summed E-state index contributed by atoms with van der Waals surface area (Å²) in [7, 11) is 3.27. The van der Waals surface area contributed by atoms with E-state index < -0.39 is 0 Å². The van der Waals surface area contributed by atoms with Crippen molar-refractivity contribution in [3.05, 3.63) is 72.3 Å². The molecule has 0 amide bonds. The Bertz CT molecular complexity index is 1120. The predicted molar refractivity (Wildman–Crippen MR) is 113 cm³/mol. The molecule has 0 aliphatic heterocycles. The second-order valence-corrected chi connectivity index (χ2v) is 6.51. The number of fused-ring (bicyclic) bond motifs is 1. The van der Waals surface area contributed by atoms with Gasteiger partial charge >= 0.3 is 0 Å². The highest BCUT2D eigenvalue weighted by Gasteiger charge is 2.11. The molecule has 0 spiro atoms. The number of benzene rings is 3. The SMILES string of the molecule is COc1cc(Nc2nc(-c3cccc(C)c3)nc3ccccc23)cc(OC)c1. The normalized spacial score (nSPS) is 10.7. The van der Waals surface area contributed by atoms with Crippen LogP contribution in [0.25, 0.3) is 22.3 Å². The van der Waals surface area contributed by atoms with Gasteiger partial charge in [-0.3, -0.25) is 0 Å². The van der Waals surface area contributed by atoms with Gasteiger partial charge in [-0.15, -0.1) is 0 Å². The molecule has 1 heterocycles. The molecule has 0 aliphatic carbocycles. The fourth-order valence-electron chi connectivity index (χ4n) is 3.10. The third kappa shape index (κ3) is 3.60. The number of methoxy groups -OCH3 is 2. The van der Waals surface area contributed by atoms with Crippen molar-refractivity contribution < 1.29 is 9.47 Å². The molecule has 1 N–H and O–H groups in total. The summed E-state index contributed by atoms with van der Waals surface area (Å²) in [4.78, 5) is 9.57. The van der Waals surface area contributed by atoms with Crippen LogP contribution in [0.2, 0.25) is 0 Å². The Kier molecular flexibility index (Phi) is 4.81. The minimum atomic E-state index is 0.680. The van der Waals surface area contributed by atoms with Crippen molar-refractivity contribution in [1.29, 1.82) is 0 Å². The highest BCUT2D eigenvalue weighted by Crippen LogP contribution is 2.31. The van der Waals surface area contributed by atoms with E-state index in [1.54, 1.807) is 14.2 Å². The van der Waals surface area contributed by atoms with E-state index in [0.29, 0.717) is 17.3 Å². The zero-order valence-electron chi connectivity index (χ0n) is 16.1. The molecule has 4 rings (SSSR count). The van der Waals surface area contributed by atoms with E-state index in [1.165, 1.54) is 5.56 Å². The quantitative estimate of drug-likeness (QED) is 0.511. The number of hydrogen-bond donors (Lipinski definition) is 1. The number of aromatic nitrogens is 2. The molecule has 3 aromatic carbocycles. The Morgan fingerprint density at radius 3 is 2.25 bits per heavy atom. The van der Waals surface area contributed by atoms with Gasteiger partial charge in [0.1, 0.15) is 17.3 Å². The Hall–Kier alpha value is -3.60. The third-order valence-corrected chi connectivity index (χ3v) is 4.49. The summed E-state index contributed by atoms with van der Waals surface area (Å²) < 4.78 is 10.8. The lowest BCUT2D eigenvalue weighted by Gasteiger charge is -2.13. The Morgan fingerprint density at radius 1 is 0.786 bits per heavy atom. The smallest absolute Gasteiger partial charge is 0.162 e. The minimum absolute atomic E-state index is 0.680. The largest absolute Gasteiger partial charge is 0.497 e. The van der Waals surface area contributed by atoms with Gasteiger partial charge in [0.05, 0.1) is 19.7 Å². The second kappa shape index (κ2) is 7.56. The van der Waals surface area contributed by atoms with E-state index in [0.717, 1.165) is 28.0 Å². The number of nitrogens with one attached hydrogen (secondary N) is 1. The van der Waals surface area contributed by atoms with Crippen LogP contribution in [0.1, 0.15) is 5.56 Å². The first-order chi connectivity index (χ1) is 13.7. The molecule has 0 aliphatic rings. The van der Waals surface area contributed by atoms with Crippen LogP contribution in [0.15, 0.2) is 66.7 Å². The number of para-hydroxylation sites is 1. The summed E-state index contributed by atoms with van der Waals surface area (Å²) in [6, 6.07) is 21.8. The first kappa shape index (κ1) is 17.8. The number of aryl methyl sites for hydroxylation is 1. The number of nitrogens with zero attached hydrogens (tertiary/aromatic N) is 2. The number of hydrogen-bond acceptors (Lipinski definition) is 5. The van der Waals surface area contributed by atoms with E-state index in [4.69, 9.17) is 19.4 Å². The topological polar surface area (TPSA) is 56.3 Å². The molecule has 0 saturated heterocycles. The van der Waals surface area contributed by atoms with E-state index in [2.05, 4.69) is 24.4 Å². The van der Waals surface area contributed by atoms with Crippen molar-refractivity contribution in [3.63, 3.8) is 0 Å². The summed E-state index contributed by atoms with van der Waals surface area (Å²) >= 11 is 0. The molecule has 5 heteroatoms. The molecule has 140 valence electrons. The first-order valence-corrected chi connectivity index (χ1v) is 9.00. The maximum atomic E-state index is 5.38. The van der Waals surface area contributed by atoms with Crippen molar-refractivity contribution in [2.75, 3.05) is 19.5 Å². The Labute approximate surface area is 164 Å². The number of ether oxygens (including phenoxy) is 2. The molecular formula is C23H21N3O2.